The zero-order valence-corrected chi connectivity index (χ0v) is 13.5. The molecule has 24 heavy (non-hydrogen) atoms. The summed E-state index contributed by atoms with van der Waals surface area (Å²) < 4.78 is 5.96. The van der Waals surface area contributed by atoms with Gasteiger partial charge < -0.3 is 20.5 Å². The number of carboxylic acids is 1. The van der Waals surface area contributed by atoms with Gasteiger partial charge in [-0.25, -0.2) is 9.78 Å². The normalized spacial score (nSPS) is 16.6. The fourth-order valence-corrected chi connectivity index (χ4v) is 2.88. The Morgan fingerprint density at radius 3 is 2.62 bits per heavy atom. The van der Waals surface area contributed by atoms with E-state index in [2.05, 4.69) is 9.97 Å². The molecule has 3 N–H and O–H groups in total. The predicted molar refractivity (Wildman–Crippen MR) is 90.1 cm³/mol. The third-order valence-corrected chi connectivity index (χ3v) is 4.34. The van der Waals surface area contributed by atoms with Gasteiger partial charge in [-0.15, -0.1) is 0 Å². The molecule has 7 heteroatoms. The van der Waals surface area contributed by atoms with E-state index in [1.54, 1.807) is 18.3 Å². The number of nitrogens with zero attached hydrogens (tertiary/aromatic N) is 3. The van der Waals surface area contributed by atoms with Gasteiger partial charge >= 0.3 is 5.97 Å². The van der Waals surface area contributed by atoms with Crippen molar-refractivity contribution in [3.05, 3.63) is 42.1 Å². The van der Waals surface area contributed by atoms with Crippen molar-refractivity contribution < 1.29 is 14.6 Å². The number of para-hydroxylation sites is 1. The topological polar surface area (TPSA) is 102 Å². The van der Waals surface area contributed by atoms with Gasteiger partial charge in [0.15, 0.2) is 0 Å². The van der Waals surface area contributed by atoms with Crippen LogP contribution in [-0.4, -0.2) is 39.7 Å². The molecule has 0 atom stereocenters. The van der Waals surface area contributed by atoms with E-state index in [1.165, 1.54) is 0 Å². The summed E-state index contributed by atoms with van der Waals surface area (Å²) in [6, 6.07) is 9.22. The van der Waals surface area contributed by atoms with Crippen LogP contribution in [0.4, 0.5) is 11.8 Å². The lowest BCUT2D eigenvalue weighted by atomic mass is 9.91. The molecule has 2 heterocycles. The van der Waals surface area contributed by atoms with Gasteiger partial charge in [0.2, 0.25) is 11.5 Å². The Morgan fingerprint density at radius 2 is 2.00 bits per heavy atom. The van der Waals surface area contributed by atoms with Crippen molar-refractivity contribution in [2.75, 3.05) is 23.7 Å². The Balaban J connectivity index is 1.77. The highest BCUT2D eigenvalue weighted by Crippen LogP contribution is 2.32. The maximum Gasteiger partial charge on any atom is 0.348 e. The molecule has 0 spiro atoms. The summed E-state index contributed by atoms with van der Waals surface area (Å²) in [5, 5.41) is 9.75. The molecule has 1 aliphatic heterocycles. The van der Waals surface area contributed by atoms with Crippen molar-refractivity contribution in [1.29, 1.82) is 0 Å². The number of aliphatic carboxylic acids is 1. The summed E-state index contributed by atoms with van der Waals surface area (Å²) in [7, 11) is 0. The molecule has 2 aromatic rings. The molecule has 1 saturated heterocycles. The van der Waals surface area contributed by atoms with E-state index >= 15 is 0 Å². The van der Waals surface area contributed by atoms with Crippen LogP contribution < -0.4 is 15.4 Å². The number of aromatic nitrogens is 2. The standard InChI is InChI=1S/C17H20N4O3/c1-12-4-2-3-5-13(12)24-17(15(22)23)7-10-21(11-8-17)14-6-9-19-16(18)20-14/h2-6,9H,7-8,10-11H2,1H3,(H,22,23)(H2,18,19,20). The van der Waals surface area contributed by atoms with Gasteiger partial charge in [-0.1, -0.05) is 18.2 Å². The second-order valence-electron chi connectivity index (χ2n) is 5.93. The third kappa shape index (κ3) is 3.10. The minimum atomic E-state index is -1.22. The van der Waals surface area contributed by atoms with Gasteiger partial charge in [0, 0.05) is 32.1 Å². The number of piperidine rings is 1. The third-order valence-electron chi connectivity index (χ3n) is 4.34. The molecule has 0 amide bonds. The van der Waals surface area contributed by atoms with Crippen molar-refractivity contribution in [2.24, 2.45) is 0 Å². The highest BCUT2D eigenvalue weighted by molar-refractivity contribution is 5.78. The second-order valence-corrected chi connectivity index (χ2v) is 5.93. The maximum atomic E-state index is 11.9. The van der Waals surface area contributed by atoms with E-state index in [-0.39, 0.29) is 5.95 Å². The van der Waals surface area contributed by atoms with Crippen molar-refractivity contribution in [2.45, 2.75) is 25.4 Å². The second kappa shape index (κ2) is 6.35. The first-order valence-electron chi connectivity index (χ1n) is 7.82. The molecule has 126 valence electrons. The summed E-state index contributed by atoms with van der Waals surface area (Å²) in [6.45, 7) is 2.95. The molecular formula is C17H20N4O3. The average Bonchev–Trinajstić information content (AvgIpc) is 2.57. The van der Waals surface area contributed by atoms with Crippen LogP contribution in [-0.2, 0) is 4.79 Å². The Morgan fingerprint density at radius 1 is 1.29 bits per heavy atom. The summed E-state index contributed by atoms with van der Waals surface area (Å²) in [5.74, 6) is 0.586. The first kappa shape index (κ1) is 16.0. The van der Waals surface area contributed by atoms with Crippen molar-refractivity contribution in [3.8, 4) is 5.75 Å². The zero-order chi connectivity index (χ0) is 17.2. The molecule has 0 unspecified atom stereocenters. The number of carboxylic acid groups (broad SMARTS) is 1. The summed E-state index contributed by atoms with van der Waals surface area (Å²) >= 11 is 0. The Kier molecular flexibility index (Phi) is 4.24. The molecule has 0 saturated carbocycles. The number of hydrogen-bond acceptors (Lipinski definition) is 6. The van der Waals surface area contributed by atoms with Crippen LogP contribution in [0.1, 0.15) is 18.4 Å². The minimum absolute atomic E-state index is 0.207. The van der Waals surface area contributed by atoms with E-state index in [0.29, 0.717) is 37.5 Å². The molecule has 1 aromatic heterocycles. The average molecular weight is 328 g/mol. The quantitative estimate of drug-likeness (QED) is 0.883. The Hall–Kier alpha value is -2.83. The van der Waals surface area contributed by atoms with Gasteiger partial charge in [0.1, 0.15) is 11.6 Å². The summed E-state index contributed by atoms with van der Waals surface area (Å²) in [6.07, 6.45) is 2.32. The molecule has 7 nitrogen and oxygen atoms in total. The fourth-order valence-electron chi connectivity index (χ4n) is 2.88. The lowest BCUT2D eigenvalue weighted by molar-refractivity contribution is -0.157. The Labute approximate surface area is 140 Å². The SMILES string of the molecule is Cc1ccccc1OC1(C(=O)O)CCN(c2ccnc(N)n2)CC1. The molecule has 0 radical (unpaired) electrons. The van der Waals surface area contributed by atoms with E-state index < -0.39 is 11.6 Å². The number of nitrogens with two attached hydrogens (primary N) is 1. The number of carbonyl (C=O) groups is 1. The number of benzene rings is 1. The summed E-state index contributed by atoms with van der Waals surface area (Å²) in [4.78, 5) is 22.0. The molecular weight excluding hydrogens is 308 g/mol. The monoisotopic (exact) mass is 328 g/mol. The number of anilines is 2. The molecule has 0 aliphatic carbocycles. The smallest absolute Gasteiger partial charge is 0.348 e. The lowest BCUT2D eigenvalue weighted by Gasteiger charge is -2.39. The molecule has 3 rings (SSSR count). The van der Waals surface area contributed by atoms with Gasteiger partial charge in [-0.05, 0) is 24.6 Å². The first-order chi connectivity index (χ1) is 11.5. The van der Waals surface area contributed by atoms with Gasteiger partial charge in [0.25, 0.3) is 0 Å². The Bertz CT molecular complexity index is 742. The largest absolute Gasteiger partial charge is 0.478 e. The van der Waals surface area contributed by atoms with Crippen molar-refractivity contribution in [3.63, 3.8) is 0 Å². The molecule has 1 aliphatic rings. The van der Waals surface area contributed by atoms with Crippen molar-refractivity contribution in [1.82, 2.24) is 9.97 Å². The zero-order valence-electron chi connectivity index (χ0n) is 13.5. The van der Waals surface area contributed by atoms with Gasteiger partial charge in [0.05, 0.1) is 0 Å². The highest BCUT2D eigenvalue weighted by atomic mass is 16.5. The van der Waals surface area contributed by atoms with Gasteiger partial charge in [-0.2, -0.15) is 4.98 Å². The van der Waals surface area contributed by atoms with Crippen LogP contribution in [0.5, 0.6) is 5.75 Å². The number of aryl methyl sites for hydroxylation is 1. The van der Waals surface area contributed by atoms with E-state index in [0.717, 1.165) is 5.56 Å². The first-order valence-corrected chi connectivity index (χ1v) is 7.82. The van der Waals surface area contributed by atoms with Crippen LogP contribution in [0, 0.1) is 6.92 Å². The van der Waals surface area contributed by atoms with E-state index in [1.807, 2.05) is 30.0 Å². The number of ether oxygens (including phenoxy) is 1. The van der Waals surface area contributed by atoms with Crippen LogP contribution in [0.3, 0.4) is 0 Å². The van der Waals surface area contributed by atoms with Crippen molar-refractivity contribution >= 4 is 17.7 Å². The van der Waals surface area contributed by atoms with Crippen LogP contribution in [0.15, 0.2) is 36.5 Å². The number of nitrogen functional groups attached to an aromatic ring is 1. The number of rotatable bonds is 4. The number of hydrogen-bond donors (Lipinski definition) is 2. The lowest BCUT2D eigenvalue weighted by Crippen LogP contribution is -2.53. The van der Waals surface area contributed by atoms with Crippen LogP contribution in [0.25, 0.3) is 0 Å². The maximum absolute atomic E-state index is 11.9. The van der Waals surface area contributed by atoms with E-state index in [9.17, 15) is 9.90 Å². The van der Waals surface area contributed by atoms with Gasteiger partial charge in [-0.3, -0.25) is 0 Å². The highest BCUT2D eigenvalue weighted by Gasteiger charge is 2.44. The molecule has 1 aromatic carbocycles. The fraction of sp³-hybridized carbons (Fsp3) is 0.353. The predicted octanol–water partition coefficient (Wildman–Crippen LogP) is 1.87. The minimum Gasteiger partial charge on any atom is -0.478 e. The van der Waals surface area contributed by atoms with Crippen LogP contribution >= 0.6 is 0 Å². The van der Waals surface area contributed by atoms with Crippen LogP contribution in [0.2, 0.25) is 0 Å². The molecule has 0 bridgehead atoms. The van der Waals surface area contributed by atoms with E-state index in [4.69, 9.17) is 10.5 Å². The molecule has 1 fully saturated rings. The summed E-state index contributed by atoms with van der Waals surface area (Å²) in [5.41, 5.74) is 5.32.